The van der Waals surface area contributed by atoms with Gasteiger partial charge in [0.05, 0.1) is 16.3 Å². The lowest BCUT2D eigenvalue weighted by Crippen LogP contribution is -2.10. The second-order valence-corrected chi connectivity index (χ2v) is 8.13. The van der Waals surface area contributed by atoms with Crippen LogP contribution in [0.1, 0.15) is 21.1 Å². The van der Waals surface area contributed by atoms with Crippen LogP contribution >= 0.6 is 11.3 Å². The number of para-hydroxylation sites is 1. The van der Waals surface area contributed by atoms with Crippen molar-refractivity contribution in [3.63, 3.8) is 0 Å². The van der Waals surface area contributed by atoms with Crippen LogP contribution < -0.4 is 5.32 Å². The number of benzene rings is 2. The summed E-state index contributed by atoms with van der Waals surface area (Å²) >= 11 is 1.44. The minimum Gasteiger partial charge on any atom is -0.461 e. The fourth-order valence-corrected chi connectivity index (χ4v) is 4.48. The largest absolute Gasteiger partial charge is 0.461 e. The first-order chi connectivity index (χ1) is 14.6. The number of furan rings is 1. The molecule has 0 aliphatic heterocycles. The lowest BCUT2D eigenvalue weighted by molar-refractivity contribution is 0.103. The number of carbonyl (C=O) groups excluding carboxylic acids is 1. The molecule has 148 valence electrons. The summed E-state index contributed by atoms with van der Waals surface area (Å²) in [5, 5.41) is 8.61. The van der Waals surface area contributed by atoms with E-state index in [0.29, 0.717) is 4.88 Å². The van der Waals surface area contributed by atoms with Gasteiger partial charge in [-0.3, -0.25) is 4.79 Å². The zero-order valence-electron chi connectivity index (χ0n) is 16.5. The van der Waals surface area contributed by atoms with Gasteiger partial charge in [0.15, 0.2) is 0 Å². The lowest BCUT2D eigenvalue weighted by atomic mass is 10.1. The van der Waals surface area contributed by atoms with E-state index in [1.165, 1.54) is 11.3 Å². The van der Waals surface area contributed by atoms with Gasteiger partial charge in [0.2, 0.25) is 0 Å². The van der Waals surface area contributed by atoms with Gasteiger partial charge >= 0.3 is 0 Å². The highest BCUT2D eigenvalue weighted by Gasteiger charge is 2.17. The molecule has 0 radical (unpaired) electrons. The van der Waals surface area contributed by atoms with Gasteiger partial charge in [-0.1, -0.05) is 18.2 Å². The summed E-state index contributed by atoms with van der Waals surface area (Å²) in [5.74, 6) is 1.56. The van der Waals surface area contributed by atoms with E-state index in [-0.39, 0.29) is 5.91 Å². The molecule has 0 saturated carbocycles. The Kier molecular flexibility index (Phi) is 4.48. The summed E-state index contributed by atoms with van der Waals surface area (Å²) in [6.07, 6.45) is 0. The van der Waals surface area contributed by atoms with Crippen LogP contribution in [0, 0.1) is 13.8 Å². The number of nitrogens with zero attached hydrogens (tertiary/aromatic N) is 2. The van der Waals surface area contributed by atoms with Crippen LogP contribution in [0.4, 0.5) is 5.69 Å². The predicted octanol–water partition coefficient (Wildman–Crippen LogP) is 6.22. The normalized spacial score (nSPS) is 11.1. The fraction of sp³-hybridized carbons (Fsp3) is 0.0833. The molecule has 0 fully saturated rings. The average Bonchev–Trinajstić information content (AvgIpc) is 3.46. The van der Waals surface area contributed by atoms with Crippen molar-refractivity contribution in [3.05, 3.63) is 89.1 Å². The molecule has 30 heavy (non-hydrogen) atoms. The predicted molar refractivity (Wildman–Crippen MR) is 121 cm³/mol. The third kappa shape index (κ3) is 3.31. The van der Waals surface area contributed by atoms with E-state index in [0.717, 1.165) is 44.4 Å². The number of hydrogen-bond donors (Lipinski definition) is 1. The first-order valence-electron chi connectivity index (χ1n) is 9.61. The first kappa shape index (κ1) is 18.4. The third-order valence-corrected chi connectivity index (χ3v) is 6.05. The zero-order chi connectivity index (χ0) is 20.7. The van der Waals surface area contributed by atoms with E-state index in [2.05, 4.69) is 10.4 Å². The maximum atomic E-state index is 12.9. The molecule has 3 heterocycles. The summed E-state index contributed by atoms with van der Waals surface area (Å²) in [4.78, 5) is 14.5. The monoisotopic (exact) mass is 413 g/mol. The van der Waals surface area contributed by atoms with Crippen LogP contribution in [0.3, 0.4) is 0 Å². The molecule has 0 aliphatic carbocycles. The molecule has 3 aromatic heterocycles. The van der Waals surface area contributed by atoms with Crippen molar-refractivity contribution in [1.29, 1.82) is 0 Å². The van der Waals surface area contributed by atoms with Crippen molar-refractivity contribution in [1.82, 2.24) is 9.78 Å². The number of aromatic nitrogens is 2. The number of amides is 1. The molecule has 5 aromatic rings. The van der Waals surface area contributed by atoms with Gasteiger partial charge < -0.3 is 9.73 Å². The maximum Gasteiger partial charge on any atom is 0.265 e. The third-order valence-electron chi connectivity index (χ3n) is 4.94. The summed E-state index contributed by atoms with van der Waals surface area (Å²) in [6.45, 7) is 3.88. The van der Waals surface area contributed by atoms with Gasteiger partial charge in [0, 0.05) is 16.6 Å². The number of fused-ring (bicyclic) bond motifs is 1. The highest BCUT2D eigenvalue weighted by Crippen LogP contribution is 2.31. The van der Waals surface area contributed by atoms with Crippen LogP contribution in [-0.4, -0.2) is 15.7 Å². The number of carbonyl (C=O) groups is 1. The summed E-state index contributed by atoms with van der Waals surface area (Å²) in [5.41, 5.74) is 3.60. The SMILES string of the molecule is Cc1ccc(-c2ccc(NC(=O)c3cc4c(C)nn(-c5ccccc5)c4s3)cc2)o1. The maximum absolute atomic E-state index is 12.9. The molecule has 2 aromatic carbocycles. The molecule has 5 nitrogen and oxygen atoms in total. The smallest absolute Gasteiger partial charge is 0.265 e. The number of hydrogen-bond acceptors (Lipinski definition) is 4. The first-order valence-corrected chi connectivity index (χ1v) is 10.4. The van der Waals surface area contributed by atoms with Crippen molar-refractivity contribution in [2.45, 2.75) is 13.8 Å². The standard InChI is InChI=1S/C24H19N3O2S/c1-15-8-13-21(29-15)17-9-11-18(12-10-17)25-23(28)22-14-20-16(2)26-27(24(20)30-22)19-6-4-3-5-7-19/h3-14H,1-2H3,(H,25,28). The van der Waals surface area contributed by atoms with Gasteiger partial charge in [-0.05, 0) is 68.4 Å². The Hall–Kier alpha value is -3.64. The molecule has 0 bridgehead atoms. The van der Waals surface area contributed by atoms with Gasteiger partial charge in [-0.15, -0.1) is 11.3 Å². The minimum atomic E-state index is -0.128. The molecule has 0 aliphatic rings. The van der Waals surface area contributed by atoms with Crippen LogP contribution in [0.2, 0.25) is 0 Å². The Balaban J connectivity index is 1.40. The minimum absolute atomic E-state index is 0.128. The van der Waals surface area contributed by atoms with Crippen LogP contribution in [0.25, 0.3) is 27.2 Å². The molecule has 6 heteroatoms. The van der Waals surface area contributed by atoms with Crippen molar-refractivity contribution in [2.75, 3.05) is 5.32 Å². The Morgan fingerprint density at radius 2 is 1.77 bits per heavy atom. The Bertz CT molecular complexity index is 1340. The number of aryl methyl sites for hydroxylation is 2. The fourth-order valence-electron chi connectivity index (χ4n) is 3.40. The summed E-state index contributed by atoms with van der Waals surface area (Å²) in [6, 6.07) is 23.4. The van der Waals surface area contributed by atoms with Crippen molar-refractivity contribution in [3.8, 4) is 17.0 Å². The van der Waals surface area contributed by atoms with E-state index in [1.807, 2.05) is 91.3 Å². The van der Waals surface area contributed by atoms with E-state index in [9.17, 15) is 4.79 Å². The number of rotatable bonds is 4. The Morgan fingerprint density at radius 1 is 1.00 bits per heavy atom. The van der Waals surface area contributed by atoms with Gasteiger partial charge in [0.1, 0.15) is 16.4 Å². The molecule has 0 unspecified atom stereocenters. The summed E-state index contributed by atoms with van der Waals surface area (Å²) < 4.78 is 7.54. The highest BCUT2D eigenvalue weighted by atomic mass is 32.1. The summed E-state index contributed by atoms with van der Waals surface area (Å²) in [7, 11) is 0. The van der Waals surface area contributed by atoms with Crippen LogP contribution in [0.15, 0.2) is 77.2 Å². The van der Waals surface area contributed by atoms with E-state index < -0.39 is 0 Å². The molecule has 0 saturated heterocycles. The quantitative estimate of drug-likeness (QED) is 0.381. The van der Waals surface area contributed by atoms with Gasteiger partial charge in [-0.25, -0.2) is 4.68 Å². The average molecular weight is 414 g/mol. The Morgan fingerprint density at radius 3 is 2.47 bits per heavy atom. The second-order valence-electron chi connectivity index (χ2n) is 7.10. The molecule has 1 amide bonds. The van der Waals surface area contributed by atoms with Crippen LogP contribution in [-0.2, 0) is 0 Å². The van der Waals surface area contributed by atoms with E-state index >= 15 is 0 Å². The molecule has 5 rings (SSSR count). The van der Waals surface area contributed by atoms with E-state index in [1.54, 1.807) is 0 Å². The molecule has 1 N–H and O–H groups in total. The van der Waals surface area contributed by atoms with Gasteiger partial charge in [0.25, 0.3) is 5.91 Å². The number of nitrogens with one attached hydrogen (secondary N) is 1. The van der Waals surface area contributed by atoms with E-state index in [4.69, 9.17) is 4.42 Å². The number of anilines is 1. The number of thiophene rings is 1. The topological polar surface area (TPSA) is 60.1 Å². The lowest BCUT2D eigenvalue weighted by Gasteiger charge is -2.05. The van der Waals surface area contributed by atoms with Crippen molar-refractivity contribution in [2.24, 2.45) is 0 Å². The van der Waals surface area contributed by atoms with Crippen LogP contribution in [0.5, 0.6) is 0 Å². The molecule has 0 spiro atoms. The molecular weight excluding hydrogens is 394 g/mol. The molecule has 0 atom stereocenters. The zero-order valence-corrected chi connectivity index (χ0v) is 17.4. The van der Waals surface area contributed by atoms with Gasteiger partial charge in [-0.2, -0.15) is 5.10 Å². The van der Waals surface area contributed by atoms with Crippen molar-refractivity contribution >= 4 is 33.1 Å². The Labute approximate surface area is 177 Å². The highest BCUT2D eigenvalue weighted by molar-refractivity contribution is 7.20. The van der Waals surface area contributed by atoms with Crippen molar-refractivity contribution < 1.29 is 9.21 Å². The molecular formula is C24H19N3O2S. The second kappa shape index (κ2) is 7.31.